The van der Waals surface area contributed by atoms with Crippen molar-refractivity contribution in [1.29, 1.82) is 0 Å². The summed E-state index contributed by atoms with van der Waals surface area (Å²) >= 11 is 9.20. The summed E-state index contributed by atoms with van der Waals surface area (Å²) in [5.74, 6) is 0.992. The number of rotatable bonds is 8. The van der Waals surface area contributed by atoms with Gasteiger partial charge in [0, 0.05) is 33.1 Å². The second-order valence-corrected chi connectivity index (χ2v) is 8.55. The number of hydrogen-bond donors (Lipinski definition) is 2. The Bertz CT molecular complexity index is 1320. The van der Waals surface area contributed by atoms with Crippen molar-refractivity contribution in [3.8, 4) is 11.5 Å². The molecule has 0 aliphatic carbocycles. The van der Waals surface area contributed by atoms with Crippen molar-refractivity contribution in [2.45, 2.75) is 6.54 Å². The maximum absolute atomic E-state index is 12.7. The van der Waals surface area contributed by atoms with Crippen LogP contribution in [0.3, 0.4) is 0 Å². The molecule has 3 aromatic carbocycles. The lowest BCUT2D eigenvalue weighted by molar-refractivity contribution is 0.0949. The van der Waals surface area contributed by atoms with Crippen LogP contribution in [0.15, 0.2) is 82.2 Å². The van der Waals surface area contributed by atoms with E-state index in [1.165, 1.54) is 6.20 Å². The lowest BCUT2D eigenvalue weighted by Crippen LogP contribution is -2.28. The molecule has 0 bridgehead atoms. The highest BCUT2D eigenvalue weighted by molar-refractivity contribution is 9.10. The molecule has 1 aromatic heterocycles. The number of pyridine rings is 1. The first-order valence-electron chi connectivity index (χ1n) is 10.2. The number of hydrogen-bond acceptors (Lipinski definition) is 4. The molecular formula is C25H20BrClN2O4. The molecule has 2 N–H and O–H groups in total. The molecule has 0 atom stereocenters. The number of halogens is 2. The van der Waals surface area contributed by atoms with Crippen LogP contribution in [0.5, 0.6) is 11.5 Å². The van der Waals surface area contributed by atoms with Crippen molar-refractivity contribution in [3.05, 3.63) is 104 Å². The van der Waals surface area contributed by atoms with Crippen LogP contribution in [0.1, 0.15) is 15.9 Å². The van der Waals surface area contributed by atoms with E-state index in [-0.39, 0.29) is 17.5 Å². The molecule has 0 saturated carbocycles. The molecule has 0 aliphatic rings. The zero-order valence-corrected chi connectivity index (χ0v) is 19.8. The van der Waals surface area contributed by atoms with Gasteiger partial charge in [-0.05, 0) is 60.2 Å². The van der Waals surface area contributed by atoms with Crippen molar-refractivity contribution >= 4 is 44.3 Å². The summed E-state index contributed by atoms with van der Waals surface area (Å²) in [6, 6.07) is 19.8. The number of aromatic nitrogens is 1. The fraction of sp³-hybridized carbons (Fsp3) is 0.120. The van der Waals surface area contributed by atoms with Gasteiger partial charge in [0.1, 0.15) is 30.3 Å². The van der Waals surface area contributed by atoms with E-state index in [4.69, 9.17) is 21.1 Å². The van der Waals surface area contributed by atoms with Gasteiger partial charge in [-0.25, -0.2) is 0 Å². The minimum Gasteiger partial charge on any atom is -0.490 e. The molecule has 6 nitrogen and oxygen atoms in total. The third-order valence-electron chi connectivity index (χ3n) is 4.90. The van der Waals surface area contributed by atoms with E-state index in [9.17, 15) is 9.59 Å². The second-order valence-electron chi connectivity index (χ2n) is 7.20. The third-order valence-corrected chi connectivity index (χ3v) is 5.64. The molecule has 0 saturated heterocycles. The van der Waals surface area contributed by atoms with Gasteiger partial charge in [-0.15, -0.1) is 0 Å². The van der Waals surface area contributed by atoms with Crippen LogP contribution in [-0.2, 0) is 6.54 Å². The van der Waals surface area contributed by atoms with E-state index in [0.717, 1.165) is 15.8 Å². The fourth-order valence-electron chi connectivity index (χ4n) is 3.19. The van der Waals surface area contributed by atoms with Crippen LogP contribution >= 0.6 is 27.5 Å². The Labute approximate surface area is 203 Å². The number of ether oxygens (including phenoxy) is 2. The summed E-state index contributed by atoms with van der Waals surface area (Å²) in [7, 11) is 0. The summed E-state index contributed by atoms with van der Waals surface area (Å²) in [4.78, 5) is 28.2. The molecule has 8 heteroatoms. The normalized spacial score (nSPS) is 10.7. The first-order valence-corrected chi connectivity index (χ1v) is 11.4. The minimum absolute atomic E-state index is 0.0706. The van der Waals surface area contributed by atoms with Gasteiger partial charge in [0.25, 0.3) is 5.91 Å². The zero-order valence-electron chi connectivity index (χ0n) is 17.4. The molecule has 0 spiro atoms. The van der Waals surface area contributed by atoms with Crippen LogP contribution in [0, 0.1) is 0 Å². The Morgan fingerprint density at radius 2 is 1.58 bits per heavy atom. The Morgan fingerprint density at radius 3 is 2.24 bits per heavy atom. The number of nitrogens with one attached hydrogen (secondary N) is 2. The average Bonchev–Trinajstić information content (AvgIpc) is 2.83. The molecule has 4 aromatic rings. The van der Waals surface area contributed by atoms with Crippen molar-refractivity contribution in [1.82, 2.24) is 10.3 Å². The summed E-state index contributed by atoms with van der Waals surface area (Å²) < 4.78 is 12.0. The number of fused-ring (bicyclic) bond motifs is 1. The molecular weight excluding hydrogens is 508 g/mol. The highest BCUT2D eigenvalue weighted by Gasteiger charge is 2.13. The zero-order chi connectivity index (χ0) is 23.2. The van der Waals surface area contributed by atoms with E-state index in [1.54, 1.807) is 36.4 Å². The van der Waals surface area contributed by atoms with Gasteiger partial charge in [-0.1, -0.05) is 39.7 Å². The maximum atomic E-state index is 12.7. The Balaban J connectivity index is 1.28. The van der Waals surface area contributed by atoms with Crippen LogP contribution in [-0.4, -0.2) is 24.1 Å². The smallest absolute Gasteiger partial charge is 0.257 e. The third kappa shape index (κ3) is 5.94. The molecule has 1 heterocycles. The predicted octanol–water partition coefficient (Wildman–Crippen LogP) is 5.33. The molecule has 1 amide bonds. The van der Waals surface area contributed by atoms with Gasteiger partial charge in [0.05, 0.1) is 0 Å². The van der Waals surface area contributed by atoms with Crippen molar-refractivity contribution in [3.63, 3.8) is 0 Å². The van der Waals surface area contributed by atoms with Crippen molar-refractivity contribution < 1.29 is 14.3 Å². The van der Waals surface area contributed by atoms with Crippen LogP contribution in [0.4, 0.5) is 0 Å². The lowest BCUT2D eigenvalue weighted by Gasteiger charge is -2.10. The van der Waals surface area contributed by atoms with Crippen molar-refractivity contribution in [2.75, 3.05) is 13.2 Å². The van der Waals surface area contributed by atoms with E-state index in [1.807, 2.05) is 30.3 Å². The summed E-state index contributed by atoms with van der Waals surface area (Å²) in [5, 5.41) is 3.90. The molecule has 0 unspecified atom stereocenters. The number of H-pyrrole nitrogens is 1. The van der Waals surface area contributed by atoms with E-state index >= 15 is 0 Å². The van der Waals surface area contributed by atoms with E-state index in [2.05, 4.69) is 26.2 Å². The first-order chi connectivity index (χ1) is 16.0. The fourth-order valence-corrected chi connectivity index (χ4v) is 3.68. The SMILES string of the molecule is O=C(NCc1ccc(OCCOc2ccc(Cl)cc2)cc1)c1c[nH]c2ccc(Br)cc2c1=O. The van der Waals surface area contributed by atoms with E-state index in [0.29, 0.717) is 34.9 Å². The molecule has 0 aliphatic heterocycles. The van der Waals surface area contributed by atoms with Crippen LogP contribution in [0.25, 0.3) is 10.9 Å². The highest BCUT2D eigenvalue weighted by Crippen LogP contribution is 2.17. The monoisotopic (exact) mass is 526 g/mol. The van der Waals surface area contributed by atoms with Gasteiger partial charge in [-0.2, -0.15) is 0 Å². The molecule has 0 fully saturated rings. The number of benzene rings is 3. The maximum Gasteiger partial charge on any atom is 0.257 e. The molecule has 168 valence electrons. The number of carbonyl (C=O) groups is 1. The number of aromatic amines is 1. The van der Waals surface area contributed by atoms with Crippen LogP contribution in [0.2, 0.25) is 5.02 Å². The first kappa shape index (κ1) is 22.9. The standard InChI is InChI=1S/C25H20BrClN2O4/c26-17-3-10-23-21(13-17)24(30)22(15-28-23)25(31)29-14-16-1-6-19(7-2-16)32-11-12-33-20-8-4-18(27)5-9-20/h1-10,13,15H,11-12,14H2,(H,28,30)(H,29,31). The van der Waals surface area contributed by atoms with Gasteiger partial charge >= 0.3 is 0 Å². The largest absolute Gasteiger partial charge is 0.490 e. The summed E-state index contributed by atoms with van der Waals surface area (Å²) in [5.41, 5.74) is 1.32. The van der Waals surface area contributed by atoms with Gasteiger partial charge in [0.15, 0.2) is 0 Å². The topological polar surface area (TPSA) is 80.4 Å². The quantitative estimate of drug-likeness (QED) is 0.304. The van der Waals surface area contributed by atoms with Crippen LogP contribution < -0.4 is 20.2 Å². The number of carbonyl (C=O) groups excluding carboxylic acids is 1. The Hall–Kier alpha value is -3.29. The van der Waals surface area contributed by atoms with Gasteiger partial charge < -0.3 is 19.8 Å². The summed E-state index contributed by atoms with van der Waals surface area (Å²) in [6.07, 6.45) is 1.44. The minimum atomic E-state index is -0.433. The molecule has 4 rings (SSSR count). The molecule has 0 radical (unpaired) electrons. The number of amides is 1. The predicted molar refractivity (Wildman–Crippen MR) is 132 cm³/mol. The average molecular weight is 528 g/mol. The highest BCUT2D eigenvalue weighted by atomic mass is 79.9. The van der Waals surface area contributed by atoms with Gasteiger partial charge in [0.2, 0.25) is 5.43 Å². The lowest BCUT2D eigenvalue weighted by atomic mass is 10.1. The Morgan fingerprint density at radius 1 is 0.939 bits per heavy atom. The summed E-state index contributed by atoms with van der Waals surface area (Å²) in [6.45, 7) is 1.07. The Kier molecular flexibility index (Phi) is 7.32. The van der Waals surface area contributed by atoms with Gasteiger partial charge in [-0.3, -0.25) is 9.59 Å². The second kappa shape index (κ2) is 10.6. The van der Waals surface area contributed by atoms with Crippen molar-refractivity contribution in [2.24, 2.45) is 0 Å². The van der Waals surface area contributed by atoms with E-state index < -0.39 is 5.91 Å². The molecule has 33 heavy (non-hydrogen) atoms.